The van der Waals surface area contributed by atoms with Gasteiger partial charge in [0.05, 0.1) is 5.69 Å². The molecule has 7 heteroatoms. The average Bonchev–Trinajstić information content (AvgIpc) is 3.36. The van der Waals surface area contributed by atoms with Gasteiger partial charge in [0.25, 0.3) is 0 Å². The van der Waals surface area contributed by atoms with E-state index in [4.69, 9.17) is 0 Å². The summed E-state index contributed by atoms with van der Waals surface area (Å²) in [6.45, 7) is 5.00. The Kier molecular flexibility index (Phi) is 9.55. The third-order valence-electron chi connectivity index (χ3n) is 5.73. The maximum atomic E-state index is 4.34. The van der Waals surface area contributed by atoms with Crippen LogP contribution < -0.4 is 10.6 Å². The molecule has 1 saturated heterocycles. The Labute approximate surface area is 208 Å². The van der Waals surface area contributed by atoms with Crippen molar-refractivity contribution in [3.05, 3.63) is 83.7 Å². The standard InChI is InChI=1S/C25H32N6.HI/c1-26-25(28-19-22-10-12-24(13-11-22)31-17-5-14-29-31)27-18-21-6-8-23(9-7-21)20-30-15-3-2-4-16-30;/h5-14,17H,2-4,15-16,18-20H2,1H3,(H2,26,27,28);1H. The molecule has 0 unspecified atom stereocenters. The summed E-state index contributed by atoms with van der Waals surface area (Å²) < 4.78 is 1.86. The van der Waals surface area contributed by atoms with Crippen molar-refractivity contribution in [1.82, 2.24) is 25.3 Å². The third-order valence-corrected chi connectivity index (χ3v) is 5.73. The maximum absolute atomic E-state index is 4.34. The van der Waals surface area contributed by atoms with Crippen LogP contribution in [0, 0.1) is 0 Å². The van der Waals surface area contributed by atoms with Gasteiger partial charge in [-0.2, -0.15) is 5.10 Å². The van der Waals surface area contributed by atoms with Gasteiger partial charge in [-0.15, -0.1) is 24.0 Å². The first kappa shape index (κ1) is 24.3. The number of rotatable bonds is 7. The Morgan fingerprint density at radius 3 is 2.03 bits per heavy atom. The Hall–Kier alpha value is -2.39. The number of piperidine rings is 1. The van der Waals surface area contributed by atoms with Crippen molar-refractivity contribution in [2.75, 3.05) is 20.1 Å². The minimum absolute atomic E-state index is 0. The van der Waals surface area contributed by atoms with Crippen LogP contribution in [0.25, 0.3) is 5.69 Å². The molecule has 1 fully saturated rings. The SMILES string of the molecule is CN=C(NCc1ccc(CN2CCCCC2)cc1)NCc1ccc(-n2cccn2)cc1.I. The quantitative estimate of drug-likeness (QED) is 0.264. The number of guanidine groups is 1. The normalized spacial score (nSPS) is 14.6. The van der Waals surface area contributed by atoms with Crippen LogP contribution >= 0.6 is 24.0 Å². The lowest BCUT2D eigenvalue weighted by Crippen LogP contribution is -2.36. The Morgan fingerprint density at radius 2 is 1.47 bits per heavy atom. The molecule has 2 N–H and O–H groups in total. The lowest BCUT2D eigenvalue weighted by atomic mass is 10.1. The zero-order valence-corrected chi connectivity index (χ0v) is 21.0. The molecule has 1 aromatic heterocycles. The van der Waals surface area contributed by atoms with E-state index in [1.165, 1.54) is 49.0 Å². The molecule has 2 aromatic carbocycles. The van der Waals surface area contributed by atoms with E-state index in [9.17, 15) is 0 Å². The largest absolute Gasteiger partial charge is 0.352 e. The molecule has 0 aliphatic carbocycles. The molecule has 3 aromatic rings. The van der Waals surface area contributed by atoms with Crippen LogP contribution in [0.15, 0.2) is 72.0 Å². The highest BCUT2D eigenvalue weighted by molar-refractivity contribution is 14.0. The number of benzene rings is 2. The fraction of sp³-hybridized carbons (Fsp3) is 0.360. The third kappa shape index (κ3) is 7.06. The molecule has 0 atom stereocenters. The first-order chi connectivity index (χ1) is 15.3. The van der Waals surface area contributed by atoms with Crippen molar-refractivity contribution in [2.24, 2.45) is 4.99 Å². The maximum Gasteiger partial charge on any atom is 0.191 e. The van der Waals surface area contributed by atoms with Crippen molar-refractivity contribution >= 4 is 29.9 Å². The first-order valence-electron chi connectivity index (χ1n) is 11.1. The first-order valence-corrected chi connectivity index (χ1v) is 11.1. The van der Waals surface area contributed by atoms with Gasteiger partial charge in [-0.05, 0) is 60.8 Å². The van der Waals surface area contributed by atoms with Crippen LogP contribution in [0.2, 0.25) is 0 Å². The molecule has 1 aliphatic heterocycles. The van der Waals surface area contributed by atoms with E-state index in [1.54, 1.807) is 13.2 Å². The fourth-order valence-electron chi connectivity index (χ4n) is 3.92. The molecule has 1 aliphatic rings. The molecular formula is C25H33IN6. The summed E-state index contributed by atoms with van der Waals surface area (Å²) in [7, 11) is 1.80. The minimum atomic E-state index is 0. The van der Waals surface area contributed by atoms with E-state index in [2.05, 4.69) is 74.2 Å². The molecule has 0 bridgehead atoms. The van der Waals surface area contributed by atoms with Gasteiger partial charge < -0.3 is 10.6 Å². The molecule has 170 valence electrons. The van der Waals surface area contributed by atoms with E-state index in [1.807, 2.05) is 16.9 Å². The van der Waals surface area contributed by atoms with Gasteiger partial charge in [0, 0.05) is 39.1 Å². The summed E-state index contributed by atoms with van der Waals surface area (Å²) in [5.41, 5.74) is 4.90. The van der Waals surface area contributed by atoms with Gasteiger partial charge in [-0.3, -0.25) is 9.89 Å². The molecule has 4 rings (SSSR count). The molecule has 32 heavy (non-hydrogen) atoms. The molecule has 0 spiro atoms. The zero-order valence-electron chi connectivity index (χ0n) is 18.7. The second-order valence-corrected chi connectivity index (χ2v) is 8.05. The lowest BCUT2D eigenvalue weighted by Gasteiger charge is -2.26. The topological polar surface area (TPSA) is 57.5 Å². The van der Waals surface area contributed by atoms with Gasteiger partial charge >= 0.3 is 0 Å². The van der Waals surface area contributed by atoms with Gasteiger partial charge in [-0.25, -0.2) is 4.68 Å². The fourth-order valence-corrected chi connectivity index (χ4v) is 3.92. The highest BCUT2D eigenvalue weighted by atomic mass is 127. The Morgan fingerprint density at radius 1 is 0.875 bits per heavy atom. The number of nitrogens with zero attached hydrogens (tertiary/aromatic N) is 4. The number of hydrogen-bond donors (Lipinski definition) is 2. The van der Waals surface area contributed by atoms with Crippen LogP contribution in [-0.2, 0) is 19.6 Å². The highest BCUT2D eigenvalue weighted by Gasteiger charge is 2.10. The smallest absolute Gasteiger partial charge is 0.191 e. The van der Waals surface area contributed by atoms with Gasteiger partial charge in [-0.1, -0.05) is 42.8 Å². The summed E-state index contributed by atoms with van der Waals surface area (Å²) in [4.78, 5) is 6.90. The predicted octanol–water partition coefficient (Wildman–Crippen LogP) is 4.34. The molecule has 0 amide bonds. The van der Waals surface area contributed by atoms with Gasteiger partial charge in [0.15, 0.2) is 5.96 Å². The summed E-state index contributed by atoms with van der Waals surface area (Å²) in [5.74, 6) is 0.800. The van der Waals surface area contributed by atoms with Crippen LogP contribution in [0.3, 0.4) is 0 Å². The van der Waals surface area contributed by atoms with Gasteiger partial charge in [0.1, 0.15) is 0 Å². The Bertz CT molecular complexity index is 945. The van der Waals surface area contributed by atoms with E-state index >= 15 is 0 Å². The van der Waals surface area contributed by atoms with Crippen LogP contribution in [0.1, 0.15) is 36.0 Å². The van der Waals surface area contributed by atoms with Crippen molar-refractivity contribution in [1.29, 1.82) is 0 Å². The Balaban J connectivity index is 0.00000289. The van der Waals surface area contributed by atoms with Crippen LogP contribution in [0.4, 0.5) is 0 Å². The van der Waals surface area contributed by atoms with Crippen molar-refractivity contribution in [3.63, 3.8) is 0 Å². The van der Waals surface area contributed by atoms with Crippen LogP contribution in [0.5, 0.6) is 0 Å². The molecule has 6 nitrogen and oxygen atoms in total. The second kappa shape index (κ2) is 12.6. The number of halogens is 1. The number of aliphatic imine (C=N–C) groups is 1. The lowest BCUT2D eigenvalue weighted by molar-refractivity contribution is 0.221. The van der Waals surface area contributed by atoms with E-state index in [-0.39, 0.29) is 24.0 Å². The van der Waals surface area contributed by atoms with Crippen molar-refractivity contribution < 1.29 is 0 Å². The van der Waals surface area contributed by atoms with E-state index in [0.29, 0.717) is 6.54 Å². The van der Waals surface area contributed by atoms with Crippen molar-refractivity contribution in [3.8, 4) is 5.69 Å². The highest BCUT2D eigenvalue weighted by Crippen LogP contribution is 2.14. The van der Waals surface area contributed by atoms with Crippen molar-refractivity contribution in [2.45, 2.75) is 38.9 Å². The predicted molar refractivity (Wildman–Crippen MR) is 142 cm³/mol. The molecular weight excluding hydrogens is 511 g/mol. The average molecular weight is 544 g/mol. The number of nitrogens with one attached hydrogen (secondary N) is 2. The monoisotopic (exact) mass is 544 g/mol. The minimum Gasteiger partial charge on any atom is -0.352 e. The molecule has 2 heterocycles. The van der Waals surface area contributed by atoms with Crippen LogP contribution in [-0.4, -0.2) is 40.8 Å². The van der Waals surface area contributed by atoms with Gasteiger partial charge in [0.2, 0.25) is 0 Å². The van der Waals surface area contributed by atoms with E-state index in [0.717, 1.165) is 24.7 Å². The number of hydrogen-bond acceptors (Lipinski definition) is 3. The summed E-state index contributed by atoms with van der Waals surface area (Å²) >= 11 is 0. The molecule has 0 radical (unpaired) electrons. The second-order valence-electron chi connectivity index (χ2n) is 8.05. The number of aromatic nitrogens is 2. The summed E-state index contributed by atoms with van der Waals surface area (Å²) in [5, 5.41) is 11.1. The summed E-state index contributed by atoms with van der Waals surface area (Å²) in [6, 6.07) is 19.2. The van der Waals surface area contributed by atoms with E-state index < -0.39 is 0 Å². The molecule has 0 saturated carbocycles. The summed E-state index contributed by atoms with van der Waals surface area (Å²) in [6.07, 6.45) is 7.78. The number of likely N-dealkylation sites (tertiary alicyclic amines) is 1. The zero-order chi connectivity index (χ0) is 21.3.